The highest BCUT2D eigenvalue weighted by Gasteiger charge is 2.29. The van der Waals surface area contributed by atoms with E-state index in [1.54, 1.807) is 18.4 Å². The van der Waals surface area contributed by atoms with E-state index in [2.05, 4.69) is 28.9 Å². The molecular formula is C15H17NO2S. The average Bonchev–Trinajstić information content (AvgIpc) is 2.99. The van der Waals surface area contributed by atoms with Gasteiger partial charge in [0.25, 0.3) is 0 Å². The third kappa shape index (κ3) is 2.33. The summed E-state index contributed by atoms with van der Waals surface area (Å²) in [4.78, 5) is 1.27. The zero-order valence-corrected chi connectivity index (χ0v) is 11.9. The summed E-state index contributed by atoms with van der Waals surface area (Å²) >= 11 is 1.74. The lowest BCUT2D eigenvalue weighted by Crippen LogP contribution is -2.26. The molecule has 0 radical (unpaired) electrons. The van der Waals surface area contributed by atoms with E-state index in [1.165, 1.54) is 10.4 Å². The van der Waals surface area contributed by atoms with E-state index >= 15 is 0 Å². The van der Waals surface area contributed by atoms with Gasteiger partial charge in [-0.15, -0.1) is 11.3 Å². The first-order valence-electron chi connectivity index (χ1n) is 6.37. The molecule has 3 nitrogen and oxygen atoms in total. The van der Waals surface area contributed by atoms with Gasteiger partial charge in [0.2, 0.25) is 0 Å². The maximum absolute atomic E-state index is 6.14. The minimum absolute atomic E-state index is 0.122. The Bertz CT molecular complexity index is 553. The van der Waals surface area contributed by atoms with Crippen LogP contribution in [0.1, 0.15) is 29.0 Å². The summed E-state index contributed by atoms with van der Waals surface area (Å²) in [6, 6.07) is 10.6. The summed E-state index contributed by atoms with van der Waals surface area (Å²) < 4.78 is 11.4. The van der Waals surface area contributed by atoms with Gasteiger partial charge in [0, 0.05) is 29.0 Å². The van der Waals surface area contributed by atoms with Gasteiger partial charge in [0.15, 0.2) is 0 Å². The van der Waals surface area contributed by atoms with Crippen molar-refractivity contribution in [2.45, 2.75) is 18.6 Å². The van der Waals surface area contributed by atoms with Crippen molar-refractivity contribution in [3.05, 3.63) is 46.2 Å². The molecule has 2 unspecified atom stereocenters. The molecule has 1 aliphatic rings. The number of ether oxygens (including phenoxy) is 2. The lowest BCUT2D eigenvalue weighted by Gasteiger charge is -2.31. The van der Waals surface area contributed by atoms with Crippen molar-refractivity contribution in [2.75, 3.05) is 14.2 Å². The molecule has 0 aliphatic carbocycles. The molecule has 0 amide bonds. The first-order valence-corrected chi connectivity index (χ1v) is 7.25. The molecule has 3 rings (SSSR count). The summed E-state index contributed by atoms with van der Waals surface area (Å²) in [5.41, 5.74) is 1.20. The normalized spacial score (nSPS) is 21.6. The molecule has 1 aromatic carbocycles. The van der Waals surface area contributed by atoms with Crippen molar-refractivity contribution in [3.8, 4) is 11.5 Å². The number of nitrogens with one attached hydrogen (secondary N) is 1. The van der Waals surface area contributed by atoms with E-state index in [-0.39, 0.29) is 6.10 Å². The van der Waals surface area contributed by atoms with Crippen LogP contribution < -0.4 is 14.8 Å². The van der Waals surface area contributed by atoms with Crippen LogP contribution in [0.5, 0.6) is 11.5 Å². The van der Waals surface area contributed by atoms with Gasteiger partial charge in [-0.2, -0.15) is 0 Å². The molecule has 1 N–H and O–H groups in total. The van der Waals surface area contributed by atoms with Crippen LogP contribution in [-0.4, -0.2) is 14.2 Å². The quantitative estimate of drug-likeness (QED) is 0.929. The van der Waals surface area contributed by atoms with Crippen LogP contribution in [0.4, 0.5) is 0 Å². The average molecular weight is 275 g/mol. The fourth-order valence-electron chi connectivity index (χ4n) is 2.50. The highest BCUT2D eigenvalue weighted by molar-refractivity contribution is 7.10. The minimum atomic E-state index is 0.122. The number of rotatable bonds is 3. The Morgan fingerprint density at radius 3 is 2.95 bits per heavy atom. The summed E-state index contributed by atoms with van der Waals surface area (Å²) in [5, 5.41) is 5.46. The lowest BCUT2D eigenvalue weighted by atomic mass is 9.96. The highest BCUT2D eigenvalue weighted by atomic mass is 32.1. The number of fused-ring (bicyclic) bond motifs is 1. The third-order valence-electron chi connectivity index (χ3n) is 3.52. The second kappa shape index (κ2) is 5.23. The number of thiophene rings is 1. The number of benzene rings is 1. The van der Waals surface area contributed by atoms with Crippen molar-refractivity contribution in [1.82, 2.24) is 5.32 Å². The topological polar surface area (TPSA) is 30.5 Å². The van der Waals surface area contributed by atoms with E-state index in [0.717, 1.165) is 17.9 Å². The predicted octanol–water partition coefficient (Wildman–Crippen LogP) is 3.54. The number of hydrogen-bond acceptors (Lipinski definition) is 4. The Morgan fingerprint density at radius 2 is 2.26 bits per heavy atom. The van der Waals surface area contributed by atoms with Crippen LogP contribution in [0.3, 0.4) is 0 Å². The molecular weight excluding hydrogens is 258 g/mol. The second-order valence-electron chi connectivity index (χ2n) is 4.60. The Labute approximate surface area is 117 Å². The van der Waals surface area contributed by atoms with Crippen LogP contribution in [0.25, 0.3) is 0 Å². The van der Waals surface area contributed by atoms with Crippen molar-refractivity contribution < 1.29 is 9.47 Å². The molecule has 19 heavy (non-hydrogen) atoms. The van der Waals surface area contributed by atoms with Crippen LogP contribution in [0, 0.1) is 0 Å². The highest BCUT2D eigenvalue weighted by Crippen LogP contribution is 2.43. The van der Waals surface area contributed by atoms with Crippen LogP contribution >= 0.6 is 11.3 Å². The molecule has 0 saturated carbocycles. The van der Waals surface area contributed by atoms with E-state index in [4.69, 9.17) is 9.47 Å². The van der Waals surface area contributed by atoms with Gasteiger partial charge in [0.05, 0.1) is 7.11 Å². The fourth-order valence-corrected chi connectivity index (χ4v) is 3.26. The van der Waals surface area contributed by atoms with E-state index in [1.807, 2.05) is 19.2 Å². The first-order chi connectivity index (χ1) is 9.31. The Balaban J connectivity index is 1.96. The van der Waals surface area contributed by atoms with Gasteiger partial charge in [-0.1, -0.05) is 12.1 Å². The number of methoxy groups -OCH3 is 1. The molecule has 0 bridgehead atoms. The Kier molecular flexibility index (Phi) is 3.44. The van der Waals surface area contributed by atoms with E-state index in [0.29, 0.717) is 6.04 Å². The number of hydrogen-bond donors (Lipinski definition) is 1. The van der Waals surface area contributed by atoms with Crippen LogP contribution in [-0.2, 0) is 0 Å². The maximum atomic E-state index is 6.14. The summed E-state index contributed by atoms with van der Waals surface area (Å²) in [6.07, 6.45) is 1.08. The summed E-state index contributed by atoms with van der Waals surface area (Å²) in [6.45, 7) is 0. The Morgan fingerprint density at radius 1 is 1.37 bits per heavy atom. The smallest absolute Gasteiger partial charge is 0.135 e. The SMILES string of the molecule is CNC1CC(c2cccs2)Oc2cc(OC)ccc21. The van der Waals surface area contributed by atoms with Gasteiger partial charge in [-0.3, -0.25) is 0 Å². The minimum Gasteiger partial charge on any atom is -0.497 e. The predicted molar refractivity (Wildman–Crippen MR) is 77.1 cm³/mol. The standard InChI is InChI=1S/C15H17NO2S/c1-16-12-9-14(15-4-3-7-19-15)18-13-8-10(17-2)5-6-11(12)13/h3-8,12,14,16H,9H2,1-2H3. The molecule has 4 heteroatoms. The molecule has 0 fully saturated rings. The molecule has 100 valence electrons. The molecule has 2 aromatic rings. The van der Waals surface area contributed by atoms with E-state index in [9.17, 15) is 0 Å². The van der Waals surface area contributed by atoms with Gasteiger partial charge >= 0.3 is 0 Å². The fraction of sp³-hybridized carbons (Fsp3) is 0.333. The van der Waals surface area contributed by atoms with E-state index < -0.39 is 0 Å². The van der Waals surface area contributed by atoms with Gasteiger partial charge in [-0.05, 0) is 24.6 Å². The van der Waals surface area contributed by atoms with Crippen molar-refractivity contribution in [1.29, 1.82) is 0 Å². The summed E-state index contributed by atoms with van der Waals surface area (Å²) in [5.74, 6) is 1.75. The zero-order chi connectivity index (χ0) is 13.2. The van der Waals surface area contributed by atoms with Crippen LogP contribution in [0.2, 0.25) is 0 Å². The van der Waals surface area contributed by atoms with Crippen molar-refractivity contribution in [3.63, 3.8) is 0 Å². The Hall–Kier alpha value is -1.52. The molecule has 1 aliphatic heterocycles. The largest absolute Gasteiger partial charge is 0.497 e. The zero-order valence-electron chi connectivity index (χ0n) is 11.1. The third-order valence-corrected chi connectivity index (χ3v) is 4.49. The van der Waals surface area contributed by atoms with Gasteiger partial charge in [-0.25, -0.2) is 0 Å². The second-order valence-corrected chi connectivity index (χ2v) is 5.58. The molecule has 0 saturated heterocycles. The lowest BCUT2D eigenvalue weighted by molar-refractivity contribution is 0.156. The molecule has 1 aromatic heterocycles. The van der Waals surface area contributed by atoms with Gasteiger partial charge < -0.3 is 14.8 Å². The van der Waals surface area contributed by atoms with Crippen LogP contribution in [0.15, 0.2) is 35.7 Å². The van der Waals surface area contributed by atoms with Gasteiger partial charge in [0.1, 0.15) is 17.6 Å². The summed E-state index contributed by atoms with van der Waals surface area (Å²) in [7, 11) is 3.67. The first kappa shape index (κ1) is 12.5. The molecule has 0 spiro atoms. The van der Waals surface area contributed by atoms with Crippen molar-refractivity contribution in [2.24, 2.45) is 0 Å². The molecule has 2 heterocycles. The molecule has 2 atom stereocenters. The monoisotopic (exact) mass is 275 g/mol. The van der Waals surface area contributed by atoms with Crippen molar-refractivity contribution >= 4 is 11.3 Å². The maximum Gasteiger partial charge on any atom is 0.135 e.